The average molecular weight is 551 g/mol. The Morgan fingerprint density at radius 3 is 2.33 bits per heavy atom. The van der Waals surface area contributed by atoms with Gasteiger partial charge in [0.2, 0.25) is 17.7 Å². The summed E-state index contributed by atoms with van der Waals surface area (Å²) in [6, 6.07) is 11.1. The molecule has 214 valence electrons. The first-order valence-corrected chi connectivity index (χ1v) is 14.3. The van der Waals surface area contributed by atoms with Gasteiger partial charge in [-0.15, -0.1) is 0 Å². The van der Waals surface area contributed by atoms with Gasteiger partial charge in [-0.1, -0.05) is 50.2 Å². The lowest BCUT2D eigenvalue weighted by Crippen LogP contribution is -2.67. The fourth-order valence-corrected chi connectivity index (χ4v) is 6.22. The van der Waals surface area contributed by atoms with Crippen LogP contribution in [0.15, 0.2) is 48.5 Å². The minimum Gasteiger partial charge on any atom is -0.379 e. The SMILES string of the molecule is CC(C)CC1C(=O)NC(C2Cc3ccccc3C2)C(=O)N1C(C(=O)NCCN1CCOCC1)c1ccc(F)cc1. The highest BCUT2D eigenvalue weighted by Crippen LogP contribution is 2.35. The Morgan fingerprint density at radius 1 is 1.05 bits per heavy atom. The fraction of sp³-hybridized carbons (Fsp3) is 0.516. The first-order valence-electron chi connectivity index (χ1n) is 14.3. The minimum absolute atomic E-state index is 0.102. The molecular weight excluding hydrogens is 511 g/mol. The third-order valence-electron chi connectivity index (χ3n) is 8.25. The van der Waals surface area contributed by atoms with Gasteiger partial charge < -0.3 is 20.3 Å². The van der Waals surface area contributed by atoms with Gasteiger partial charge in [-0.3, -0.25) is 19.3 Å². The Morgan fingerprint density at radius 2 is 1.70 bits per heavy atom. The molecule has 2 fully saturated rings. The number of nitrogens with one attached hydrogen (secondary N) is 2. The number of carbonyl (C=O) groups excluding carboxylic acids is 3. The summed E-state index contributed by atoms with van der Waals surface area (Å²) in [5.74, 6) is -1.31. The highest BCUT2D eigenvalue weighted by molar-refractivity contribution is 6.00. The minimum atomic E-state index is -1.06. The van der Waals surface area contributed by atoms with Gasteiger partial charge in [0.05, 0.1) is 13.2 Å². The summed E-state index contributed by atoms with van der Waals surface area (Å²) < 4.78 is 19.3. The number of morpholine rings is 1. The van der Waals surface area contributed by atoms with E-state index in [1.54, 1.807) is 0 Å². The van der Waals surface area contributed by atoms with Crippen LogP contribution in [-0.4, -0.2) is 79.0 Å². The van der Waals surface area contributed by atoms with Gasteiger partial charge >= 0.3 is 0 Å². The van der Waals surface area contributed by atoms with Crippen molar-refractivity contribution in [1.82, 2.24) is 20.4 Å². The van der Waals surface area contributed by atoms with Gasteiger partial charge in [-0.05, 0) is 59.9 Å². The third-order valence-corrected chi connectivity index (χ3v) is 8.25. The van der Waals surface area contributed by atoms with E-state index in [-0.39, 0.29) is 29.6 Å². The van der Waals surface area contributed by atoms with Crippen molar-refractivity contribution < 1.29 is 23.5 Å². The monoisotopic (exact) mass is 550 g/mol. The molecule has 5 rings (SSSR count). The molecule has 2 aliphatic heterocycles. The van der Waals surface area contributed by atoms with Gasteiger partial charge in [0, 0.05) is 26.2 Å². The molecule has 3 atom stereocenters. The van der Waals surface area contributed by atoms with Crippen LogP contribution in [0.3, 0.4) is 0 Å². The molecule has 3 unspecified atom stereocenters. The van der Waals surface area contributed by atoms with Crippen molar-refractivity contribution in [3.63, 3.8) is 0 Å². The van der Waals surface area contributed by atoms with E-state index in [4.69, 9.17) is 4.74 Å². The van der Waals surface area contributed by atoms with E-state index in [1.807, 2.05) is 26.0 Å². The summed E-state index contributed by atoms with van der Waals surface area (Å²) in [4.78, 5) is 45.6. The zero-order valence-corrected chi connectivity index (χ0v) is 23.3. The average Bonchev–Trinajstić information content (AvgIpc) is 3.38. The lowest BCUT2D eigenvalue weighted by Gasteiger charge is -2.45. The number of nitrogens with zero attached hydrogens (tertiary/aromatic N) is 2. The summed E-state index contributed by atoms with van der Waals surface area (Å²) in [7, 11) is 0. The number of hydrogen-bond donors (Lipinski definition) is 2. The maximum absolute atomic E-state index is 14.3. The van der Waals surface area contributed by atoms with Crippen LogP contribution < -0.4 is 10.6 Å². The Labute approximate surface area is 235 Å². The van der Waals surface area contributed by atoms with Crippen LogP contribution in [0.25, 0.3) is 0 Å². The van der Waals surface area contributed by atoms with E-state index >= 15 is 0 Å². The number of rotatable bonds is 9. The van der Waals surface area contributed by atoms with Crippen molar-refractivity contribution in [2.45, 2.75) is 51.2 Å². The van der Waals surface area contributed by atoms with E-state index in [0.717, 1.165) is 13.1 Å². The molecule has 0 radical (unpaired) electrons. The Kier molecular flexibility index (Phi) is 8.81. The molecule has 2 aromatic rings. The van der Waals surface area contributed by atoms with Crippen LogP contribution in [-0.2, 0) is 32.0 Å². The van der Waals surface area contributed by atoms with Crippen LogP contribution >= 0.6 is 0 Å². The Bertz CT molecular complexity index is 1190. The van der Waals surface area contributed by atoms with Crippen LogP contribution in [0.2, 0.25) is 0 Å². The number of fused-ring (bicyclic) bond motifs is 1. The maximum atomic E-state index is 14.3. The van der Waals surface area contributed by atoms with E-state index < -0.39 is 23.9 Å². The lowest BCUT2D eigenvalue weighted by atomic mass is 9.88. The number of carbonyl (C=O) groups is 3. The zero-order valence-electron chi connectivity index (χ0n) is 23.3. The largest absolute Gasteiger partial charge is 0.379 e. The van der Waals surface area contributed by atoms with E-state index in [2.05, 4.69) is 27.7 Å². The molecular formula is C31H39FN4O4. The van der Waals surface area contributed by atoms with Crippen LogP contribution in [0.1, 0.15) is 43.0 Å². The zero-order chi connectivity index (χ0) is 28.2. The molecule has 2 heterocycles. The maximum Gasteiger partial charge on any atom is 0.247 e. The second-order valence-corrected chi connectivity index (χ2v) is 11.5. The highest BCUT2D eigenvalue weighted by atomic mass is 19.1. The van der Waals surface area contributed by atoms with Crippen molar-refractivity contribution in [2.75, 3.05) is 39.4 Å². The molecule has 1 aliphatic carbocycles. The molecule has 2 saturated heterocycles. The van der Waals surface area contributed by atoms with Crippen LogP contribution in [0, 0.1) is 17.7 Å². The molecule has 3 aliphatic rings. The number of amides is 3. The lowest BCUT2D eigenvalue weighted by molar-refractivity contribution is -0.157. The molecule has 9 heteroatoms. The number of ether oxygens (including phenoxy) is 1. The molecule has 3 amide bonds. The number of benzene rings is 2. The van der Waals surface area contributed by atoms with Crippen LogP contribution in [0.5, 0.6) is 0 Å². The van der Waals surface area contributed by atoms with Gasteiger partial charge in [0.15, 0.2) is 0 Å². The molecule has 0 spiro atoms. The van der Waals surface area contributed by atoms with Crippen molar-refractivity contribution in [2.24, 2.45) is 11.8 Å². The predicted molar refractivity (Wildman–Crippen MR) is 149 cm³/mol. The normalized spacial score (nSPS) is 22.8. The van der Waals surface area contributed by atoms with Gasteiger partial charge in [0.1, 0.15) is 23.9 Å². The summed E-state index contributed by atoms with van der Waals surface area (Å²) in [6.07, 6.45) is 1.78. The first kappa shape index (κ1) is 28.2. The molecule has 0 saturated carbocycles. The Hall–Kier alpha value is -3.30. The highest BCUT2D eigenvalue weighted by Gasteiger charge is 2.49. The predicted octanol–water partition coefficient (Wildman–Crippen LogP) is 2.47. The van der Waals surface area contributed by atoms with E-state index in [0.29, 0.717) is 51.1 Å². The van der Waals surface area contributed by atoms with Gasteiger partial charge in [-0.25, -0.2) is 4.39 Å². The van der Waals surface area contributed by atoms with Crippen LogP contribution in [0.4, 0.5) is 4.39 Å². The molecule has 0 aromatic heterocycles. The van der Waals surface area contributed by atoms with Crippen molar-refractivity contribution >= 4 is 17.7 Å². The van der Waals surface area contributed by atoms with Crippen molar-refractivity contribution in [3.8, 4) is 0 Å². The second kappa shape index (κ2) is 12.5. The fourth-order valence-electron chi connectivity index (χ4n) is 6.22. The molecule has 8 nitrogen and oxygen atoms in total. The number of halogens is 1. The van der Waals surface area contributed by atoms with Crippen molar-refractivity contribution in [1.29, 1.82) is 0 Å². The molecule has 40 heavy (non-hydrogen) atoms. The quantitative estimate of drug-likeness (QED) is 0.501. The second-order valence-electron chi connectivity index (χ2n) is 11.5. The summed E-state index contributed by atoms with van der Waals surface area (Å²) in [5, 5.41) is 6.04. The smallest absolute Gasteiger partial charge is 0.247 e. The van der Waals surface area contributed by atoms with E-state index in [1.165, 1.54) is 40.3 Å². The topological polar surface area (TPSA) is 91.0 Å². The third kappa shape index (κ3) is 6.20. The Balaban J connectivity index is 1.44. The van der Waals surface area contributed by atoms with Crippen molar-refractivity contribution in [3.05, 3.63) is 71.0 Å². The summed E-state index contributed by atoms with van der Waals surface area (Å²) >= 11 is 0. The summed E-state index contributed by atoms with van der Waals surface area (Å²) in [6.45, 7) is 7.93. The molecule has 0 bridgehead atoms. The van der Waals surface area contributed by atoms with Gasteiger partial charge in [0.25, 0.3) is 0 Å². The van der Waals surface area contributed by atoms with Gasteiger partial charge in [-0.2, -0.15) is 0 Å². The first-order chi connectivity index (χ1) is 19.3. The molecule has 2 N–H and O–H groups in total. The molecule has 2 aromatic carbocycles. The standard InChI is InChI=1S/C31H39FN4O4/c1-20(2)17-26-29(37)34-27(24-18-22-5-3-4-6-23(22)19-24)31(39)36(26)28(21-7-9-25(32)10-8-21)30(38)33-11-12-35-13-15-40-16-14-35/h3-10,20,24,26-28H,11-19H2,1-2H3,(H,33,38)(H,34,37). The summed E-state index contributed by atoms with van der Waals surface area (Å²) in [5.41, 5.74) is 2.85. The van der Waals surface area contributed by atoms with E-state index in [9.17, 15) is 18.8 Å². The number of hydrogen-bond acceptors (Lipinski definition) is 5. The number of piperazine rings is 1.